The summed E-state index contributed by atoms with van der Waals surface area (Å²) in [6, 6.07) is 6.32. The predicted octanol–water partition coefficient (Wildman–Crippen LogP) is 2.21. The Balaban J connectivity index is 1.46. The van der Waals surface area contributed by atoms with Gasteiger partial charge in [0.15, 0.2) is 0 Å². The molecular formula is C17H24FN3O. The van der Waals surface area contributed by atoms with Crippen LogP contribution in [0.1, 0.15) is 25.7 Å². The molecule has 0 spiro atoms. The van der Waals surface area contributed by atoms with Gasteiger partial charge in [-0.25, -0.2) is 4.39 Å². The molecule has 2 aliphatic rings. The average Bonchev–Trinajstić information content (AvgIpc) is 2.90. The molecule has 2 fully saturated rings. The van der Waals surface area contributed by atoms with Crippen molar-refractivity contribution in [2.45, 2.75) is 31.7 Å². The van der Waals surface area contributed by atoms with Crippen LogP contribution in [0.2, 0.25) is 0 Å². The number of rotatable bonds is 4. The summed E-state index contributed by atoms with van der Waals surface area (Å²) >= 11 is 0. The number of carbonyl (C=O) groups excluding carboxylic acids is 1. The maximum Gasteiger partial charge on any atom is 0.225 e. The van der Waals surface area contributed by atoms with Crippen molar-refractivity contribution in [3.8, 4) is 0 Å². The first-order valence-corrected chi connectivity index (χ1v) is 8.15. The SMILES string of the molecule is NC1CCCC2CN(CCC(=O)Nc3cccc(F)c3)CC12. The molecule has 0 radical (unpaired) electrons. The summed E-state index contributed by atoms with van der Waals surface area (Å²) in [7, 11) is 0. The van der Waals surface area contributed by atoms with E-state index in [4.69, 9.17) is 5.73 Å². The monoisotopic (exact) mass is 305 g/mol. The fraction of sp³-hybridized carbons (Fsp3) is 0.588. The molecule has 120 valence electrons. The minimum atomic E-state index is -0.338. The van der Waals surface area contributed by atoms with Gasteiger partial charge in [-0.15, -0.1) is 0 Å². The van der Waals surface area contributed by atoms with Crippen molar-refractivity contribution in [3.05, 3.63) is 30.1 Å². The van der Waals surface area contributed by atoms with Gasteiger partial charge >= 0.3 is 0 Å². The van der Waals surface area contributed by atoms with Crippen molar-refractivity contribution in [3.63, 3.8) is 0 Å². The van der Waals surface area contributed by atoms with Gasteiger partial charge in [-0.05, 0) is 42.9 Å². The number of halogens is 1. The molecule has 1 heterocycles. The predicted molar refractivity (Wildman–Crippen MR) is 84.9 cm³/mol. The first-order chi connectivity index (χ1) is 10.6. The van der Waals surface area contributed by atoms with Crippen LogP contribution in [0.4, 0.5) is 10.1 Å². The van der Waals surface area contributed by atoms with E-state index in [1.807, 2.05) is 0 Å². The van der Waals surface area contributed by atoms with E-state index < -0.39 is 0 Å². The average molecular weight is 305 g/mol. The fourth-order valence-corrected chi connectivity index (χ4v) is 3.84. The van der Waals surface area contributed by atoms with Gasteiger partial charge in [0.2, 0.25) is 5.91 Å². The molecule has 0 bridgehead atoms. The van der Waals surface area contributed by atoms with Crippen molar-refractivity contribution >= 4 is 11.6 Å². The zero-order valence-corrected chi connectivity index (χ0v) is 12.8. The Hall–Kier alpha value is -1.46. The number of nitrogens with one attached hydrogen (secondary N) is 1. The van der Waals surface area contributed by atoms with Gasteiger partial charge in [-0.2, -0.15) is 0 Å². The number of hydrogen-bond acceptors (Lipinski definition) is 3. The number of hydrogen-bond donors (Lipinski definition) is 2. The molecule has 3 N–H and O–H groups in total. The van der Waals surface area contributed by atoms with E-state index in [1.165, 1.54) is 25.0 Å². The lowest BCUT2D eigenvalue weighted by molar-refractivity contribution is -0.116. The van der Waals surface area contributed by atoms with Gasteiger partial charge in [0.05, 0.1) is 0 Å². The largest absolute Gasteiger partial charge is 0.327 e. The zero-order valence-electron chi connectivity index (χ0n) is 12.8. The standard InChI is InChI=1S/C17H24FN3O/c18-13-4-2-5-14(9-13)20-17(22)7-8-21-10-12-3-1-6-16(19)15(12)11-21/h2,4-5,9,12,15-16H,1,3,6-8,10-11,19H2,(H,20,22). The Morgan fingerprint density at radius 1 is 1.36 bits per heavy atom. The molecule has 1 saturated heterocycles. The quantitative estimate of drug-likeness (QED) is 0.896. The smallest absolute Gasteiger partial charge is 0.225 e. The van der Waals surface area contributed by atoms with Crippen LogP contribution in [0.5, 0.6) is 0 Å². The van der Waals surface area contributed by atoms with Gasteiger partial charge in [0, 0.05) is 37.8 Å². The zero-order chi connectivity index (χ0) is 15.5. The van der Waals surface area contributed by atoms with E-state index >= 15 is 0 Å². The van der Waals surface area contributed by atoms with Crippen molar-refractivity contribution in [1.29, 1.82) is 0 Å². The van der Waals surface area contributed by atoms with Gasteiger partial charge in [0.25, 0.3) is 0 Å². The van der Waals surface area contributed by atoms with Gasteiger partial charge < -0.3 is 16.0 Å². The number of fused-ring (bicyclic) bond motifs is 1. The number of likely N-dealkylation sites (tertiary alicyclic amines) is 1. The van der Waals surface area contributed by atoms with Crippen molar-refractivity contribution in [1.82, 2.24) is 4.90 Å². The maximum absolute atomic E-state index is 13.1. The molecule has 4 nitrogen and oxygen atoms in total. The van der Waals surface area contributed by atoms with Crippen LogP contribution in [-0.4, -0.2) is 36.5 Å². The first kappa shape index (κ1) is 15.4. The van der Waals surface area contributed by atoms with E-state index in [0.29, 0.717) is 30.0 Å². The highest BCUT2D eigenvalue weighted by Crippen LogP contribution is 2.35. The number of benzene rings is 1. The lowest BCUT2D eigenvalue weighted by Gasteiger charge is -2.29. The Kier molecular flexibility index (Phi) is 4.74. The minimum absolute atomic E-state index is 0.0650. The van der Waals surface area contributed by atoms with E-state index in [0.717, 1.165) is 26.1 Å². The Labute approximate surface area is 130 Å². The number of amides is 1. The topological polar surface area (TPSA) is 58.4 Å². The van der Waals surface area contributed by atoms with E-state index in [9.17, 15) is 9.18 Å². The van der Waals surface area contributed by atoms with Crippen LogP contribution >= 0.6 is 0 Å². The third kappa shape index (κ3) is 3.65. The lowest BCUT2D eigenvalue weighted by atomic mass is 9.78. The molecule has 3 atom stereocenters. The van der Waals surface area contributed by atoms with Crippen molar-refractivity contribution in [2.75, 3.05) is 25.0 Å². The summed E-state index contributed by atoms with van der Waals surface area (Å²) in [5, 5.41) is 2.75. The van der Waals surface area contributed by atoms with E-state index in [1.54, 1.807) is 12.1 Å². The molecular weight excluding hydrogens is 281 g/mol. The number of nitrogens with two attached hydrogens (primary N) is 1. The Bertz CT molecular complexity index is 536. The Morgan fingerprint density at radius 2 is 2.23 bits per heavy atom. The van der Waals surface area contributed by atoms with Crippen LogP contribution in [-0.2, 0) is 4.79 Å². The highest BCUT2D eigenvalue weighted by atomic mass is 19.1. The summed E-state index contributed by atoms with van der Waals surface area (Å²) in [5.74, 6) is 0.898. The number of anilines is 1. The van der Waals surface area contributed by atoms with Gasteiger partial charge in [-0.1, -0.05) is 12.5 Å². The minimum Gasteiger partial charge on any atom is -0.327 e. The van der Waals surface area contributed by atoms with Crippen molar-refractivity contribution in [2.24, 2.45) is 17.6 Å². The third-order valence-corrected chi connectivity index (χ3v) is 4.99. The summed E-state index contributed by atoms with van der Waals surface area (Å²) in [6.07, 6.45) is 4.07. The molecule has 3 rings (SSSR count). The summed E-state index contributed by atoms with van der Waals surface area (Å²) in [4.78, 5) is 14.3. The molecule has 3 unspecified atom stereocenters. The molecule has 1 aliphatic carbocycles. The normalized spacial score (nSPS) is 28.4. The van der Waals surface area contributed by atoms with Gasteiger partial charge in [0.1, 0.15) is 5.82 Å². The second-order valence-corrected chi connectivity index (χ2v) is 6.59. The van der Waals surface area contributed by atoms with Crippen LogP contribution in [0.15, 0.2) is 24.3 Å². The Morgan fingerprint density at radius 3 is 3.00 bits per heavy atom. The van der Waals surface area contributed by atoms with E-state index in [-0.39, 0.29) is 11.7 Å². The van der Waals surface area contributed by atoms with Gasteiger partial charge in [-0.3, -0.25) is 4.79 Å². The van der Waals surface area contributed by atoms with Crippen molar-refractivity contribution < 1.29 is 9.18 Å². The second-order valence-electron chi connectivity index (χ2n) is 6.59. The lowest BCUT2D eigenvalue weighted by Crippen LogP contribution is -2.38. The van der Waals surface area contributed by atoms with Crippen LogP contribution in [0.25, 0.3) is 0 Å². The fourth-order valence-electron chi connectivity index (χ4n) is 3.84. The molecule has 1 saturated carbocycles. The van der Waals surface area contributed by atoms with Crippen LogP contribution in [0, 0.1) is 17.7 Å². The number of carbonyl (C=O) groups is 1. The molecule has 1 aromatic rings. The summed E-state index contributed by atoms with van der Waals surface area (Å²) in [6.45, 7) is 2.82. The highest BCUT2D eigenvalue weighted by molar-refractivity contribution is 5.90. The highest BCUT2D eigenvalue weighted by Gasteiger charge is 2.38. The summed E-state index contributed by atoms with van der Waals surface area (Å²) in [5.41, 5.74) is 6.73. The maximum atomic E-state index is 13.1. The number of nitrogens with zero attached hydrogens (tertiary/aromatic N) is 1. The molecule has 5 heteroatoms. The molecule has 1 aliphatic heterocycles. The summed E-state index contributed by atoms with van der Waals surface area (Å²) < 4.78 is 13.1. The second kappa shape index (κ2) is 6.75. The van der Waals surface area contributed by atoms with E-state index in [2.05, 4.69) is 10.2 Å². The molecule has 0 aromatic heterocycles. The molecule has 1 aromatic carbocycles. The van der Waals surface area contributed by atoms with Crippen LogP contribution < -0.4 is 11.1 Å². The van der Waals surface area contributed by atoms with Crippen LogP contribution in [0.3, 0.4) is 0 Å². The third-order valence-electron chi connectivity index (χ3n) is 4.99. The molecule has 22 heavy (non-hydrogen) atoms. The molecule has 1 amide bonds. The first-order valence-electron chi connectivity index (χ1n) is 8.15.